The number of nitrogens with one attached hydrogen (secondary N) is 1. The van der Waals surface area contributed by atoms with Gasteiger partial charge in [0.15, 0.2) is 0 Å². The Bertz CT molecular complexity index is 639. The molecule has 1 rings (SSSR count). The summed E-state index contributed by atoms with van der Waals surface area (Å²) < 4.78 is 26.1. The number of rotatable bonds is 6. The lowest BCUT2D eigenvalue weighted by atomic mass is 10.1. The van der Waals surface area contributed by atoms with Crippen molar-refractivity contribution in [2.75, 3.05) is 0 Å². The number of carboxylic acids is 1. The van der Waals surface area contributed by atoms with E-state index >= 15 is 0 Å². The summed E-state index contributed by atoms with van der Waals surface area (Å²) in [4.78, 5) is 21.8. The SMILES string of the molecule is CCc1ccc(S(=O)(=O)NC(C)C(N)=O)cc1C(=O)O. The van der Waals surface area contributed by atoms with E-state index in [2.05, 4.69) is 4.72 Å². The number of nitrogens with two attached hydrogens (primary N) is 1. The maximum atomic E-state index is 12.0. The summed E-state index contributed by atoms with van der Waals surface area (Å²) in [6.45, 7) is 3.07. The Morgan fingerprint density at radius 3 is 2.45 bits per heavy atom. The molecule has 0 heterocycles. The molecule has 0 saturated carbocycles. The Balaban J connectivity index is 3.23. The largest absolute Gasteiger partial charge is 0.478 e. The number of carbonyl (C=O) groups is 2. The lowest BCUT2D eigenvalue weighted by Crippen LogP contribution is -2.42. The van der Waals surface area contributed by atoms with Crippen molar-refractivity contribution in [3.63, 3.8) is 0 Å². The van der Waals surface area contributed by atoms with Gasteiger partial charge in [-0.2, -0.15) is 4.72 Å². The topological polar surface area (TPSA) is 127 Å². The highest BCUT2D eigenvalue weighted by Crippen LogP contribution is 2.17. The van der Waals surface area contributed by atoms with E-state index in [1.807, 2.05) is 0 Å². The number of aryl methyl sites for hydroxylation is 1. The van der Waals surface area contributed by atoms with Crippen LogP contribution in [0.25, 0.3) is 0 Å². The molecule has 1 atom stereocenters. The van der Waals surface area contributed by atoms with Crippen LogP contribution >= 0.6 is 0 Å². The summed E-state index contributed by atoms with van der Waals surface area (Å²) in [7, 11) is -4.00. The van der Waals surface area contributed by atoms with Gasteiger partial charge in [-0.3, -0.25) is 4.79 Å². The minimum Gasteiger partial charge on any atom is -0.478 e. The number of amides is 1. The second-order valence-corrected chi connectivity index (χ2v) is 5.94. The zero-order chi connectivity index (χ0) is 15.5. The Morgan fingerprint density at radius 1 is 1.40 bits per heavy atom. The number of primary amides is 1. The van der Waals surface area contributed by atoms with Gasteiger partial charge in [0.2, 0.25) is 15.9 Å². The van der Waals surface area contributed by atoms with E-state index in [-0.39, 0.29) is 10.5 Å². The fourth-order valence-corrected chi connectivity index (χ4v) is 2.83. The summed E-state index contributed by atoms with van der Waals surface area (Å²) in [6, 6.07) is 2.71. The van der Waals surface area contributed by atoms with Crippen molar-refractivity contribution < 1.29 is 23.1 Å². The van der Waals surface area contributed by atoms with Crippen LogP contribution in [-0.4, -0.2) is 31.4 Å². The predicted octanol–water partition coefficient (Wildman–Crippen LogP) is 0.0993. The Hall–Kier alpha value is -1.93. The zero-order valence-corrected chi connectivity index (χ0v) is 11.9. The van der Waals surface area contributed by atoms with Gasteiger partial charge in [-0.05, 0) is 31.0 Å². The van der Waals surface area contributed by atoms with Crippen molar-refractivity contribution >= 4 is 21.9 Å². The fraction of sp³-hybridized carbons (Fsp3) is 0.333. The molecule has 0 fully saturated rings. The van der Waals surface area contributed by atoms with Gasteiger partial charge in [0.1, 0.15) is 0 Å². The molecule has 0 saturated heterocycles. The van der Waals surface area contributed by atoms with Crippen molar-refractivity contribution in [2.45, 2.75) is 31.2 Å². The van der Waals surface area contributed by atoms with E-state index in [0.29, 0.717) is 12.0 Å². The van der Waals surface area contributed by atoms with Crippen LogP contribution in [0, 0.1) is 0 Å². The molecular weight excluding hydrogens is 284 g/mol. The van der Waals surface area contributed by atoms with Gasteiger partial charge in [-0.25, -0.2) is 13.2 Å². The predicted molar refractivity (Wildman–Crippen MR) is 71.8 cm³/mol. The van der Waals surface area contributed by atoms with Gasteiger partial charge in [-0.15, -0.1) is 0 Å². The van der Waals surface area contributed by atoms with E-state index < -0.39 is 27.9 Å². The molecule has 8 heteroatoms. The van der Waals surface area contributed by atoms with Gasteiger partial charge < -0.3 is 10.8 Å². The van der Waals surface area contributed by atoms with Crippen molar-refractivity contribution in [3.05, 3.63) is 29.3 Å². The Kier molecular flexibility index (Phi) is 4.85. The minimum atomic E-state index is -4.00. The summed E-state index contributed by atoms with van der Waals surface area (Å²) in [5.74, 6) is -2.03. The van der Waals surface area contributed by atoms with Crippen LogP contribution in [-0.2, 0) is 21.2 Å². The molecule has 0 aliphatic carbocycles. The molecule has 0 spiro atoms. The van der Waals surface area contributed by atoms with E-state index in [0.717, 1.165) is 6.07 Å². The maximum Gasteiger partial charge on any atom is 0.336 e. The quantitative estimate of drug-likeness (QED) is 0.686. The number of hydrogen-bond acceptors (Lipinski definition) is 4. The van der Waals surface area contributed by atoms with Crippen molar-refractivity contribution in [1.82, 2.24) is 4.72 Å². The molecule has 1 aromatic carbocycles. The highest BCUT2D eigenvalue weighted by Gasteiger charge is 2.22. The standard InChI is InChI=1S/C12H16N2O5S/c1-3-8-4-5-9(6-10(8)12(16)17)20(18,19)14-7(2)11(13)15/h4-7,14H,3H2,1-2H3,(H2,13,15)(H,16,17). The fourth-order valence-electron chi connectivity index (χ4n) is 1.59. The molecule has 0 aliphatic rings. The molecular formula is C12H16N2O5S. The first-order chi connectivity index (χ1) is 9.19. The second-order valence-electron chi connectivity index (χ2n) is 4.22. The molecule has 1 amide bonds. The number of sulfonamides is 1. The number of hydrogen-bond donors (Lipinski definition) is 3. The highest BCUT2D eigenvalue weighted by atomic mass is 32.2. The van der Waals surface area contributed by atoms with E-state index in [1.165, 1.54) is 19.1 Å². The summed E-state index contributed by atoms with van der Waals surface area (Å²) in [6.07, 6.45) is 0.465. The maximum absolute atomic E-state index is 12.0. The molecule has 1 unspecified atom stereocenters. The monoisotopic (exact) mass is 300 g/mol. The smallest absolute Gasteiger partial charge is 0.336 e. The lowest BCUT2D eigenvalue weighted by Gasteiger charge is -2.12. The summed E-state index contributed by atoms with van der Waals surface area (Å²) in [5, 5.41) is 9.07. The van der Waals surface area contributed by atoms with Gasteiger partial charge in [0.25, 0.3) is 0 Å². The van der Waals surface area contributed by atoms with Gasteiger partial charge in [0, 0.05) is 0 Å². The molecule has 0 aromatic heterocycles. The molecule has 20 heavy (non-hydrogen) atoms. The van der Waals surface area contributed by atoms with Gasteiger partial charge in [0.05, 0.1) is 16.5 Å². The van der Waals surface area contributed by atoms with Crippen LogP contribution in [0.2, 0.25) is 0 Å². The molecule has 7 nitrogen and oxygen atoms in total. The molecule has 0 aliphatic heterocycles. The third kappa shape index (κ3) is 3.55. The van der Waals surface area contributed by atoms with Crippen molar-refractivity contribution in [2.24, 2.45) is 5.73 Å². The zero-order valence-electron chi connectivity index (χ0n) is 11.1. The number of benzene rings is 1. The van der Waals surface area contributed by atoms with E-state index in [4.69, 9.17) is 10.8 Å². The third-order valence-electron chi connectivity index (χ3n) is 2.76. The third-order valence-corrected chi connectivity index (χ3v) is 4.30. The van der Waals surface area contributed by atoms with Crippen LogP contribution < -0.4 is 10.5 Å². The van der Waals surface area contributed by atoms with Crippen LogP contribution in [0.1, 0.15) is 29.8 Å². The molecule has 1 aromatic rings. The van der Waals surface area contributed by atoms with Crippen LogP contribution in [0.3, 0.4) is 0 Å². The minimum absolute atomic E-state index is 0.0814. The van der Waals surface area contributed by atoms with Gasteiger partial charge >= 0.3 is 5.97 Å². The highest BCUT2D eigenvalue weighted by molar-refractivity contribution is 7.89. The first-order valence-electron chi connectivity index (χ1n) is 5.87. The van der Waals surface area contributed by atoms with Crippen LogP contribution in [0.15, 0.2) is 23.1 Å². The number of aromatic carboxylic acids is 1. The number of carboxylic acid groups (broad SMARTS) is 1. The van der Waals surface area contributed by atoms with Crippen molar-refractivity contribution in [1.29, 1.82) is 0 Å². The van der Waals surface area contributed by atoms with Crippen LogP contribution in [0.5, 0.6) is 0 Å². The average Bonchev–Trinajstić information content (AvgIpc) is 2.37. The molecule has 110 valence electrons. The Labute approximate surface area is 116 Å². The average molecular weight is 300 g/mol. The summed E-state index contributed by atoms with van der Waals surface area (Å²) >= 11 is 0. The normalized spacial score (nSPS) is 12.9. The first kappa shape index (κ1) is 16.1. The summed E-state index contributed by atoms with van der Waals surface area (Å²) in [5.41, 5.74) is 5.43. The number of carbonyl (C=O) groups excluding carboxylic acids is 1. The Morgan fingerprint density at radius 2 is 2.00 bits per heavy atom. The van der Waals surface area contributed by atoms with E-state index in [9.17, 15) is 18.0 Å². The second kappa shape index (κ2) is 6.02. The molecule has 4 N–H and O–H groups in total. The van der Waals surface area contributed by atoms with Crippen molar-refractivity contribution in [3.8, 4) is 0 Å². The molecule has 0 bridgehead atoms. The lowest BCUT2D eigenvalue weighted by molar-refractivity contribution is -0.119. The first-order valence-corrected chi connectivity index (χ1v) is 7.35. The van der Waals surface area contributed by atoms with Gasteiger partial charge in [-0.1, -0.05) is 13.0 Å². The van der Waals surface area contributed by atoms with E-state index in [1.54, 1.807) is 6.92 Å². The van der Waals surface area contributed by atoms with Crippen LogP contribution in [0.4, 0.5) is 0 Å². The molecule has 0 radical (unpaired) electrons.